The number of nitrogens with one attached hydrogen (secondary N) is 1. The summed E-state index contributed by atoms with van der Waals surface area (Å²) in [5, 5.41) is 3.93. The summed E-state index contributed by atoms with van der Waals surface area (Å²) in [6, 6.07) is 16.6. The van der Waals surface area contributed by atoms with Crippen LogP contribution >= 0.6 is 15.9 Å². The number of amides is 1. The van der Waals surface area contributed by atoms with Crippen molar-refractivity contribution in [2.45, 2.75) is 6.61 Å². The first-order valence-electron chi connectivity index (χ1n) is 8.03. The largest absolute Gasteiger partial charge is 0.488 e. The van der Waals surface area contributed by atoms with Gasteiger partial charge in [-0.1, -0.05) is 18.2 Å². The number of hydrogen-bond acceptors (Lipinski definition) is 4. The Labute approximate surface area is 164 Å². The van der Waals surface area contributed by atoms with E-state index in [0.29, 0.717) is 18.1 Å². The van der Waals surface area contributed by atoms with Gasteiger partial charge >= 0.3 is 0 Å². The first kappa shape index (κ1) is 18.7. The number of hydrogen-bond donors (Lipinski definition) is 1. The third-order valence-electron chi connectivity index (χ3n) is 3.54. The molecule has 0 aliphatic rings. The zero-order chi connectivity index (χ0) is 19.1. The van der Waals surface area contributed by atoms with Crippen molar-refractivity contribution in [1.29, 1.82) is 0 Å². The van der Waals surface area contributed by atoms with E-state index >= 15 is 0 Å². The van der Waals surface area contributed by atoms with E-state index in [4.69, 9.17) is 4.74 Å². The maximum absolute atomic E-state index is 12.9. The van der Waals surface area contributed by atoms with Crippen molar-refractivity contribution in [2.75, 3.05) is 0 Å². The van der Waals surface area contributed by atoms with Gasteiger partial charge in [-0.25, -0.2) is 9.82 Å². The van der Waals surface area contributed by atoms with Gasteiger partial charge in [0.05, 0.1) is 10.7 Å². The van der Waals surface area contributed by atoms with Crippen LogP contribution < -0.4 is 10.2 Å². The second kappa shape index (κ2) is 9.05. The minimum Gasteiger partial charge on any atom is -0.488 e. The predicted octanol–water partition coefficient (Wildman–Crippen LogP) is 4.33. The van der Waals surface area contributed by atoms with Crippen molar-refractivity contribution < 1.29 is 13.9 Å². The monoisotopic (exact) mass is 427 g/mol. The number of carbonyl (C=O) groups is 1. The van der Waals surface area contributed by atoms with Crippen LogP contribution in [-0.2, 0) is 6.61 Å². The fourth-order valence-corrected chi connectivity index (χ4v) is 2.69. The van der Waals surface area contributed by atoms with E-state index in [9.17, 15) is 9.18 Å². The number of ether oxygens (including phenoxy) is 1. The van der Waals surface area contributed by atoms with Gasteiger partial charge in [0, 0.05) is 6.20 Å². The fraction of sp³-hybridized carbons (Fsp3) is 0.0500. The molecule has 0 saturated carbocycles. The van der Waals surface area contributed by atoms with Crippen LogP contribution in [0.3, 0.4) is 0 Å². The van der Waals surface area contributed by atoms with Gasteiger partial charge in [0.2, 0.25) is 0 Å². The van der Waals surface area contributed by atoms with Crippen molar-refractivity contribution in [3.8, 4) is 5.75 Å². The second-order valence-electron chi connectivity index (χ2n) is 5.52. The van der Waals surface area contributed by atoms with Crippen molar-refractivity contribution in [3.05, 3.63) is 94.0 Å². The fourth-order valence-electron chi connectivity index (χ4n) is 2.18. The van der Waals surface area contributed by atoms with Gasteiger partial charge in [0.15, 0.2) is 0 Å². The minimum atomic E-state index is -0.384. The van der Waals surface area contributed by atoms with Gasteiger partial charge in [-0.2, -0.15) is 5.10 Å². The quantitative estimate of drug-likeness (QED) is 0.470. The molecule has 7 heteroatoms. The molecule has 0 bridgehead atoms. The van der Waals surface area contributed by atoms with Crippen LogP contribution in [0.4, 0.5) is 4.39 Å². The molecule has 5 nitrogen and oxygen atoms in total. The van der Waals surface area contributed by atoms with E-state index in [1.807, 2.05) is 6.07 Å². The van der Waals surface area contributed by atoms with Gasteiger partial charge < -0.3 is 4.74 Å². The molecule has 1 N–H and O–H groups in total. The van der Waals surface area contributed by atoms with Crippen molar-refractivity contribution in [2.24, 2.45) is 5.10 Å². The number of benzene rings is 2. The molecule has 1 aromatic heterocycles. The molecular formula is C20H15BrFN3O2. The number of carbonyl (C=O) groups excluding carboxylic acids is 1. The second-order valence-corrected chi connectivity index (χ2v) is 6.37. The van der Waals surface area contributed by atoms with Gasteiger partial charge in [-0.15, -0.1) is 0 Å². The first-order chi connectivity index (χ1) is 13.1. The normalized spacial score (nSPS) is 10.7. The van der Waals surface area contributed by atoms with E-state index in [-0.39, 0.29) is 11.7 Å². The molecule has 0 atom stereocenters. The van der Waals surface area contributed by atoms with Gasteiger partial charge in [0.1, 0.15) is 23.9 Å². The average molecular weight is 428 g/mol. The zero-order valence-electron chi connectivity index (χ0n) is 14.1. The van der Waals surface area contributed by atoms with E-state index in [1.54, 1.807) is 48.7 Å². The number of rotatable bonds is 6. The molecule has 27 heavy (non-hydrogen) atoms. The maximum atomic E-state index is 12.9. The van der Waals surface area contributed by atoms with Crippen molar-refractivity contribution >= 4 is 28.1 Å². The maximum Gasteiger partial charge on any atom is 0.289 e. The van der Waals surface area contributed by atoms with Crippen LogP contribution in [-0.4, -0.2) is 17.1 Å². The standard InChI is InChI=1S/C20H15BrFN3O2/c21-17-11-15(12-24-25-20(26)18-3-1-2-10-23-18)6-9-19(17)27-13-14-4-7-16(22)8-5-14/h1-12H,13H2,(H,25,26)/b24-12-. The molecule has 0 spiro atoms. The lowest BCUT2D eigenvalue weighted by Gasteiger charge is -2.09. The Morgan fingerprint density at radius 3 is 2.70 bits per heavy atom. The van der Waals surface area contributed by atoms with Crippen LogP contribution in [0.2, 0.25) is 0 Å². The highest BCUT2D eigenvalue weighted by atomic mass is 79.9. The minimum absolute atomic E-state index is 0.279. The number of pyridine rings is 1. The topological polar surface area (TPSA) is 63.6 Å². The van der Waals surface area contributed by atoms with Gasteiger partial charge in [-0.3, -0.25) is 9.78 Å². The van der Waals surface area contributed by atoms with E-state index in [1.165, 1.54) is 18.3 Å². The summed E-state index contributed by atoms with van der Waals surface area (Å²) < 4.78 is 19.4. The summed E-state index contributed by atoms with van der Waals surface area (Å²) in [7, 11) is 0. The molecule has 3 rings (SSSR count). The number of hydrazone groups is 1. The zero-order valence-corrected chi connectivity index (χ0v) is 15.7. The van der Waals surface area contributed by atoms with Crippen LogP contribution in [0, 0.1) is 5.82 Å². The Kier molecular flexibility index (Phi) is 6.27. The van der Waals surface area contributed by atoms with Crippen LogP contribution in [0.1, 0.15) is 21.6 Å². The molecular weight excluding hydrogens is 413 g/mol. The van der Waals surface area contributed by atoms with E-state index < -0.39 is 0 Å². The van der Waals surface area contributed by atoms with Crippen molar-refractivity contribution in [3.63, 3.8) is 0 Å². The summed E-state index contributed by atoms with van der Waals surface area (Å²) in [5.74, 6) is -0.0159. The van der Waals surface area contributed by atoms with Crippen LogP contribution in [0.25, 0.3) is 0 Å². The Hall–Kier alpha value is -3.06. The summed E-state index contributed by atoms with van der Waals surface area (Å²) in [6.45, 7) is 0.326. The molecule has 0 aliphatic carbocycles. The number of halogens is 2. The molecule has 1 heterocycles. The smallest absolute Gasteiger partial charge is 0.289 e. The molecule has 3 aromatic rings. The van der Waals surface area contributed by atoms with E-state index in [0.717, 1.165) is 15.6 Å². The van der Waals surface area contributed by atoms with Crippen molar-refractivity contribution in [1.82, 2.24) is 10.4 Å². The Morgan fingerprint density at radius 2 is 2.00 bits per heavy atom. The lowest BCUT2D eigenvalue weighted by Crippen LogP contribution is -2.18. The SMILES string of the molecule is O=C(N/N=C\c1ccc(OCc2ccc(F)cc2)c(Br)c1)c1ccccn1. The lowest BCUT2D eigenvalue weighted by atomic mass is 10.2. The highest BCUT2D eigenvalue weighted by Gasteiger charge is 2.05. The molecule has 0 unspecified atom stereocenters. The van der Waals surface area contributed by atoms with E-state index in [2.05, 4.69) is 31.4 Å². The highest BCUT2D eigenvalue weighted by Crippen LogP contribution is 2.26. The molecule has 0 aliphatic heterocycles. The number of aromatic nitrogens is 1. The summed E-state index contributed by atoms with van der Waals surface area (Å²) in [6.07, 6.45) is 3.07. The molecule has 136 valence electrons. The average Bonchev–Trinajstić information content (AvgIpc) is 2.69. The predicted molar refractivity (Wildman–Crippen MR) is 104 cm³/mol. The lowest BCUT2D eigenvalue weighted by molar-refractivity contribution is 0.0950. The van der Waals surface area contributed by atoms with Crippen LogP contribution in [0.15, 0.2) is 76.4 Å². The summed E-state index contributed by atoms with van der Waals surface area (Å²) in [4.78, 5) is 15.8. The first-order valence-corrected chi connectivity index (χ1v) is 8.82. The molecule has 0 fully saturated rings. The highest BCUT2D eigenvalue weighted by molar-refractivity contribution is 9.10. The Bertz CT molecular complexity index is 947. The molecule has 1 amide bonds. The Morgan fingerprint density at radius 1 is 1.19 bits per heavy atom. The molecule has 2 aromatic carbocycles. The third-order valence-corrected chi connectivity index (χ3v) is 4.16. The summed E-state index contributed by atoms with van der Waals surface area (Å²) >= 11 is 3.45. The Balaban J connectivity index is 1.57. The van der Waals surface area contributed by atoms with Gasteiger partial charge in [0.25, 0.3) is 5.91 Å². The van der Waals surface area contributed by atoms with Crippen LogP contribution in [0.5, 0.6) is 5.75 Å². The summed E-state index contributed by atoms with van der Waals surface area (Å²) in [5.41, 5.74) is 4.36. The molecule has 0 radical (unpaired) electrons. The number of nitrogens with zero attached hydrogens (tertiary/aromatic N) is 2. The van der Waals surface area contributed by atoms with Gasteiger partial charge in [-0.05, 0) is 69.5 Å². The third kappa shape index (κ3) is 5.46. The molecule has 0 saturated heterocycles.